The molecule has 1 saturated carbocycles. The third kappa shape index (κ3) is 4.56. The number of aliphatic hydroxyl groups excluding tert-OH is 1. The summed E-state index contributed by atoms with van der Waals surface area (Å²) in [6.07, 6.45) is 4.40. The second-order valence-electron chi connectivity index (χ2n) is 7.72. The Morgan fingerprint density at radius 3 is 2.48 bits per heavy atom. The number of aliphatic hydroxyl groups is 1. The second-order valence-corrected chi connectivity index (χ2v) is 7.72. The Morgan fingerprint density at radius 2 is 1.81 bits per heavy atom. The average Bonchev–Trinajstić information content (AvgIpc) is 3.26. The number of rotatable bonds is 6. The van der Waals surface area contributed by atoms with E-state index < -0.39 is 0 Å². The second kappa shape index (κ2) is 9.22. The van der Waals surface area contributed by atoms with Crippen LogP contribution in [-0.4, -0.2) is 47.2 Å². The molecule has 0 saturated heterocycles. The molecule has 0 bridgehead atoms. The van der Waals surface area contributed by atoms with Gasteiger partial charge in [0.05, 0.1) is 31.6 Å². The van der Waals surface area contributed by atoms with Crippen LogP contribution in [0.2, 0.25) is 0 Å². The van der Waals surface area contributed by atoms with Gasteiger partial charge in [-0.25, -0.2) is 4.68 Å². The van der Waals surface area contributed by atoms with E-state index in [-0.39, 0.29) is 18.1 Å². The van der Waals surface area contributed by atoms with Crippen molar-refractivity contribution in [1.82, 2.24) is 15.1 Å². The molecule has 0 aliphatic heterocycles. The number of nitrogens with zero attached hydrogens (tertiary/aromatic N) is 2. The van der Waals surface area contributed by atoms with E-state index in [1.54, 1.807) is 31.2 Å². The van der Waals surface area contributed by atoms with Crippen molar-refractivity contribution in [2.45, 2.75) is 37.8 Å². The Bertz CT molecular complexity index is 1040. The van der Waals surface area contributed by atoms with Crippen molar-refractivity contribution in [3.8, 4) is 28.4 Å². The maximum atomic E-state index is 13.3. The fraction of sp³-hybridized carbons (Fsp3) is 0.333. The first-order valence-electron chi connectivity index (χ1n) is 10.5. The molecule has 3 aromatic rings. The fourth-order valence-corrected chi connectivity index (χ4v) is 3.93. The minimum absolute atomic E-state index is 0.0380. The Hall–Kier alpha value is -3.32. The van der Waals surface area contributed by atoms with Crippen LogP contribution in [0.3, 0.4) is 0 Å². The Labute approximate surface area is 181 Å². The van der Waals surface area contributed by atoms with Crippen LogP contribution in [0.5, 0.6) is 11.5 Å². The monoisotopic (exact) mass is 421 g/mol. The summed E-state index contributed by atoms with van der Waals surface area (Å²) < 4.78 is 12.6. The topological polar surface area (TPSA) is 85.6 Å². The van der Waals surface area contributed by atoms with Crippen LogP contribution in [0.25, 0.3) is 16.9 Å². The van der Waals surface area contributed by atoms with Crippen LogP contribution >= 0.6 is 0 Å². The molecule has 2 aromatic carbocycles. The Morgan fingerprint density at radius 1 is 1.06 bits per heavy atom. The number of benzene rings is 2. The van der Waals surface area contributed by atoms with E-state index in [2.05, 4.69) is 5.32 Å². The van der Waals surface area contributed by atoms with Crippen molar-refractivity contribution in [2.75, 3.05) is 14.2 Å². The van der Waals surface area contributed by atoms with Crippen LogP contribution in [0, 0.1) is 0 Å². The van der Waals surface area contributed by atoms with E-state index in [1.807, 2.05) is 42.5 Å². The van der Waals surface area contributed by atoms with Gasteiger partial charge in [0.25, 0.3) is 5.91 Å². The Kier molecular flexibility index (Phi) is 6.23. The van der Waals surface area contributed by atoms with E-state index in [4.69, 9.17) is 14.6 Å². The van der Waals surface area contributed by atoms with E-state index in [1.165, 1.54) is 0 Å². The summed E-state index contributed by atoms with van der Waals surface area (Å²) in [4.78, 5) is 13.3. The smallest absolute Gasteiger partial charge is 0.255 e. The number of methoxy groups -OCH3 is 2. The van der Waals surface area contributed by atoms with E-state index in [0.29, 0.717) is 41.2 Å². The average molecular weight is 421 g/mol. The summed E-state index contributed by atoms with van der Waals surface area (Å²) >= 11 is 0. The molecule has 31 heavy (non-hydrogen) atoms. The van der Waals surface area contributed by atoms with E-state index in [0.717, 1.165) is 18.5 Å². The molecule has 7 nitrogen and oxygen atoms in total. The molecule has 0 unspecified atom stereocenters. The maximum absolute atomic E-state index is 13.3. The van der Waals surface area contributed by atoms with Crippen molar-refractivity contribution in [1.29, 1.82) is 0 Å². The van der Waals surface area contributed by atoms with Gasteiger partial charge in [-0.2, -0.15) is 5.10 Å². The lowest BCUT2D eigenvalue weighted by molar-refractivity contribution is 0.0868. The van der Waals surface area contributed by atoms with Gasteiger partial charge in [0.15, 0.2) is 0 Å². The predicted molar refractivity (Wildman–Crippen MR) is 118 cm³/mol. The molecule has 1 amide bonds. The zero-order valence-corrected chi connectivity index (χ0v) is 17.7. The zero-order chi connectivity index (χ0) is 21.8. The quantitative estimate of drug-likeness (QED) is 0.635. The minimum Gasteiger partial charge on any atom is -0.497 e. The molecule has 1 aromatic heterocycles. The SMILES string of the molecule is COc1ccc(OC)c(-c2nn(-c3ccccc3)cc2C(=O)NC2CCC(O)CC2)c1. The highest BCUT2D eigenvalue weighted by Crippen LogP contribution is 2.35. The van der Waals surface area contributed by atoms with E-state index in [9.17, 15) is 9.90 Å². The van der Waals surface area contributed by atoms with Crippen LogP contribution < -0.4 is 14.8 Å². The highest BCUT2D eigenvalue weighted by Gasteiger charge is 2.26. The predicted octanol–water partition coefficient (Wildman–Crippen LogP) is 3.59. The number of nitrogens with one attached hydrogen (secondary N) is 1. The van der Waals surface area contributed by atoms with Crippen molar-refractivity contribution < 1.29 is 19.4 Å². The lowest BCUT2D eigenvalue weighted by Gasteiger charge is -2.26. The molecular formula is C24H27N3O4. The van der Waals surface area contributed by atoms with Crippen LogP contribution in [0.15, 0.2) is 54.7 Å². The van der Waals surface area contributed by atoms with E-state index >= 15 is 0 Å². The van der Waals surface area contributed by atoms with Gasteiger partial charge in [0.2, 0.25) is 0 Å². The third-order valence-corrected chi connectivity index (χ3v) is 5.67. The third-order valence-electron chi connectivity index (χ3n) is 5.67. The minimum atomic E-state index is -0.273. The normalized spacial score (nSPS) is 18.4. The summed E-state index contributed by atoms with van der Waals surface area (Å²) in [5.41, 5.74) is 2.51. The summed E-state index contributed by atoms with van der Waals surface area (Å²) in [7, 11) is 3.19. The number of carbonyl (C=O) groups is 1. The lowest BCUT2D eigenvalue weighted by atomic mass is 9.93. The molecule has 4 rings (SSSR count). The molecule has 2 N–H and O–H groups in total. The van der Waals surface area contributed by atoms with Gasteiger partial charge >= 0.3 is 0 Å². The Balaban J connectivity index is 1.75. The summed E-state index contributed by atoms with van der Waals surface area (Å²) in [5.74, 6) is 1.06. The van der Waals surface area contributed by atoms with Crippen molar-refractivity contribution in [2.24, 2.45) is 0 Å². The molecule has 1 heterocycles. The number of amides is 1. The zero-order valence-electron chi connectivity index (χ0n) is 17.7. The molecular weight excluding hydrogens is 394 g/mol. The number of hydrogen-bond acceptors (Lipinski definition) is 5. The molecule has 1 aliphatic rings. The molecule has 7 heteroatoms. The number of carbonyl (C=O) groups excluding carboxylic acids is 1. The number of para-hydroxylation sites is 1. The lowest BCUT2D eigenvalue weighted by Crippen LogP contribution is -2.38. The van der Waals surface area contributed by atoms with Gasteiger partial charge < -0.3 is 19.9 Å². The molecule has 0 spiro atoms. The number of aromatic nitrogens is 2. The standard InChI is InChI=1S/C24H27N3O4/c1-30-19-12-13-22(31-2)20(14-19)23-21(15-27(26-23)17-6-4-3-5-7-17)24(29)25-16-8-10-18(28)11-9-16/h3-7,12-16,18,28H,8-11H2,1-2H3,(H,25,29). The molecule has 162 valence electrons. The first-order valence-corrected chi connectivity index (χ1v) is 10.5. The van der Waals surface area contributed by atoms with Crippen molar-refractivity contribution >= 4 is 5.91 Å². The molecule has 1 fully saturated rings. The van der Waals surface area contributed by atoms with Gasteiger partial charge in [-0.1, -0.05) is 18.2 Å². The summed E-state index contributed by atoms with van der Waals surface area (Å²) in [6, 6.07) is 15.1. The number of ether oxygens (including phenoxy) is 2. The largest absolute Gasteiger partial charge is 0.497 e. The number of hydrogen-bond donors (Lipinski definition) is 2. The molecule has 1 aliphatic carbocycles. The summed E-state index contributed by atoms with van der Waals surface area (Å²) in [5, 5.41) is 17.6. The van der Waals surface area contributed by atoms with Gasteiger partial charge in [-0.3, -0.25) is 4.79 Å². The first-order chi connectivity index (χ1) is 15.1. The van der Waals surface area contributed by atoms with Gasteiger partial charge in [0.1, 0.15) is 17.2 Å². The van der Waals surface area contributed by atoms with Gasteiger partial charge in [0, 0.05) is 17.8 Å². The molecule has 0 atom stereocenters. The summed E-state index contributed by atoms with van der Waals surface area (Å²) in [6.45, 7) is 0. The van der Waals surface area contributed by atoms with Crippen LogP contribution in [0.1, 0.15) is 36.0 Å². The van der Waals surface area contributed by atoms with Crippen molar-refractivity contribution in [3.63, 3.8) is 0 Å². The fourth-order valence-electron chi connectivity index (χ4n) is 3.93. The molecule has 0 radical (unpaired) electrons. The highest BCUT2D eigenvalue weighted by atomic mass is 16.5. The first kappa shape index (κ1) is 20.9. The van der Waals surface area contributed by atoms with Gasteiger partial charge in [-0.05, 0) is 56.0 Å². The van der Waals surface area contributed by atoms with Gasteiger partial charge in [-0.15, -0.1) is 0 Å². The van der Waals surface area contributed by atoms with Crippen LogP contribution in [0.4, 0.5) is 0 Å². The van der Waals surface area contributed by atoms with Crippen molar-refractivity contribution in [3.05, 3.63) is 60.3 Å². The van der Waals surface area contributed by atoms with Crippen LogP contribution in [-0.2, 0) is 0 Å². The maximum Gasteiger partial charge on any atom is 0.255 e. The highest BCUT2D eigenvalue weighted by molar-refractivity contribution is 6.00.